The van der Waals surface area contributed by atoms with Gasteiger partial charge in [-0.05, 0) is 18.2 Å². The van der Waals surface area contributed by atoms with E-state index < -0.39 is 0 Å². The van der Waals surface area contributed by atoms with Gasteiger partial charge in [-0.2, -0.15) is 0 Å². The Labute approximate surface area is 78.1 Å². The highest BCUT2D eigenvalue weighted by molar-refractivity contribution is 5.60. The summed E-state index contributed by atoms with van der Waals surface area (Å²) in [7, 11) is 0. The van der Waals surface area contributed by atoms with Crippen LogP contribution < -0.4 is 5.73 Å². The predicted molar refractivity (Wildman–Crippen MR) is 55.7 cm³/mol. The van der Waals surface area contributed by atoms with Crippen LogP contribution in [0.15, 0.2) is 55.3 Å². The van der Waals surface area contributed by atoms with Crippen LogP contribution in [0.5, 0.6) is 0 Å². The molecule has 0 spiro atoms. The van der Waals surface area contributed by atoms with Crippen LogP contribution in [0.3, 0.4) is 0 Å². The quantitative estimate of drug-likeness (QED) is 0.709. The second kappa shape index (κ2) is 4.93. The molecule has 0 aliphatic rings. The van der Waals surface area contributed by atoms with E-state index in [0.29, 0.717) is 5.70 Å². The molecule has 0 aromatic carbocycles. The summed E-state index contributed by atoms with van der Waals surface area (Å²) in [6.07, 6.45) is 8.85. The van der Waals surface area contributed by atoms with Gasteiger partial charge in [0.15, 0.2) is 0 Å². The third-order valence-electron chi connectivity index (χ3n) is 1.48. The van der Waals surface area contributed by atoms with Crippen LogP contribution in [0, 0.1) is 0 Å². The zero-order valence-corrected chi connectivity index (χ0v) is 7.35. The fourth-order valence-electron chi connectivity index (χ4n) is 0.857. The summed E-state index contributed by atoms with van der Waals surface area (Å²) >= 11 is 0. The Morgan fingerprint density at radius 2 is 2.23 bits per heavy atom. The number of nitrogens with zero attached hydrogens (tertiary/aromatic N) is 1. The highest BCUT2D eigenvalue weighted by Crippen LogP contribution is 2.03. The minimum atomic E-state index is 0.652. The molecule has 2 N–H and O–H groups in total. The summed E-state index contributed by atoms with van der Waals surface area (Å²) in [5.74, 6) is 0. The normalized spacial score (nSPS) is 11.8. The predicted octanol–water partition coefficient (Wildman–Crippen LogP) is 2.12. The maximum Gasteiger partial charge on any atom is 0.0858 e. The molecular weight excluding hydrogens is 160 g/mol. The number of rotatable bonds is 3. The highest BCUT2D eigenvalue weighted by Gasteiger charge is 1.92. The number of pyridine rings is 1. The molecule has 2 nitrogen and oxygen atoms in total. The van der Waals surface area contributed by atoms with Crippen LogP contribution in [0.4, 0.5) is 0 Å². The van der Waals surface area contributed by atoms with E-state index in [9.17, 15) is 0 Å². The van der Waals surface area contributed by atoms with Crippen molar-refractivity contribution in [2.45, 2.75) is 0 Å². The van der Waals surface area contributed by atoms with Gasteiger partial charge in [-0.15, -0.1) is 0 Å². The molecule has 0 fully saturated rings. The third-order valence-corrected chi connectivity index (χ3v) is 1.48. The lowest BCUT2D eigenvalue weighted by Gasteiger charge is -1.96. The first kappa shape index (κ1) is 9.26. The average Bonchev–Trinajstić information content (AvgIpc) is 2.19. The smallest absolute Gasteiger partial charge is 0.0858 e. The lowest BCUT2D eigenvalue weighted by Crippen LogP contribution is -1.97. The Balaban J connectivity index is 2.79. The van der Waals surface area contributed by atoms with Crippen molar-refractivity contribution in [1.29, 1.82) is 0 Å². The van der Waals surface area contributed by atoms with Crippen molar-refractivity contribution in [1.82, 2.24) is 4.98 Å². The van der Waals surface area contributed by atoms with Gasteiger partial charge >= 0.3 is 0 Å². The SMILES string of the molecule is C=C/C=C/C=C(\N)c1ccccn1. The van der Waals surface area contributed by atoms with Crippen LogP contribution in [-0.2, 0) is 0 Å². The molecule has 2 heteroatoms. The molecule has 0 amide bonds. The highest BCUT2D eigenvalue weighted by atomic mass is 14.7. The molecule has 1 aromatic rings. The third kappa shape index (κ3) is 2.95. The topological polar surface area (TPSA) is 38.9 Å². The Morgan fingerprint density at radius 3 is 2.85 bits per heavy atom. The summed E-state index contributed by atoms with van der Waals surface area (Å²) in [6, 6.07) is 5.63. The minimum absolute atomic E-state index is 0.652. The van der Waals surface area contributed by atoms with Gasteiger partial charge in [-0.3, -0.25) is 4.98 Å². The Bertz CT molecular complexity index is 323. The van der Waals surface area contributed by atoms with Gasteiger partial charge in [0.25, 0.3) is 0 Å². The van der Waals surface area contributed by atoms with E-state index in [2.05, 4.69) is 11.6 Å². The van der Waals surface area contributed by atoms with Crippen LogP contribution in [0.2, 0.25) is 0 Å². The van der Waals surface area contributed by atoms with Crippen molar-refractivity contribution in [3.8, 4) is 0 Å². The number of nitrogens with two attached hydrogens (primary N) is 1. The van der Waals surface area contributed by atoms with Crippen molar-refractivity contribution in [2.24, 2.45) is 5.73 Å². The van der Waals surface area contributed by atoms with E-state index >= 15 is 0 Å². The number of aromatic nitrogens is 1. The first-order valence-electron chi connectivity index (χ1n) is 4.01. The monoisotopic (exact) mass is 172 g/mol. The molecule has 0 aliphatic carbocycles. The molecule has 1 rings (SSSR count). The fraction of sp³-hybridized carbons (Fsp3) is 0. The van der Waals surface area contributed by atoms with E-state index in [1.807, 2.05) is 30.4 Å². The molecule has 0 saturated carbocycles. The molecule has 1 heterocycles. The minimum Gasteiger partial charge on any atom is -0.397 e. The van der Waals surface area contributed by atoms with E-state index in [1.54, 1.807) is 18.3 Å². The summed E-state index contributed by atoms with van der Waals surface area (Å²) in [5.41, 5.74) is 7.19. The molecule has 0 unspecified atom stereocenters. The lowest BCUT2D eigenvalue weighted by atomic mass is 10.2. The van der Waals surface area contributed by atoms with Gasteiger partial charge in [-0.1, -0.05) is 30.9 Å². The summed E-state index contributed by atoms with van der Waals surface area (Å²) < 4.78 is 0. The van der Waals surface area contributed by atoms with Crippen LogP contribution in [-0.4, -0.2) is 4.98 Å². The van der Waals surface area contributed by atoms with Gasteiger partial charge in [0.1, 0.15) is 0 Å². The Hall–Kier alpha value is -1.83. The molecule has 0 bridgehead atoms. The van der Waals surface area contributed by atoms with E-state index in [1.165, 1.54) is 0 Å². The van der Waals surface area contributed by atoms with Crippen LogP contribution in [0.25, 0.3) is 5.70 Å². The fourth-order valence-corrected chi connectivity index (χ4v) is 0.857. The van der Waals surface area contributed by atoms with E-state index in [0.717, 1.165) is 5.69 Å². The number of allylic oxidation sites excluding steroid dienone is 4. The van der Waals surface area contributed by atoms with Gasteiger partial charge < -0.3 is 5.73 Å². The Morgan fingerprint density at radius 1 is 1.38 bits per heavy atom. The first-order valence-corrected chi connectivity index (χ1v) is 4.01. The zero-order valence-electron chi connectivity index (χ0n) is 7.35. The van der Waals surface area contributed by atoms with Crippen LogP contribution in [0.1, 0.15) is 5.69 Å². The zero-order chi connectivity index (χ0) is 9.52. The second-order valence-corrected chi connectivity index (χ2v) is 2.46. The van der Waals surface area contributed by atoms with Crippen molar-refractivity contribution < 1.29 is 0 Å². The number of hydrogen-bond donors (Lipinski definition) is 1. The van der Waals surface area contributed by atoms with Gasteiger partial charge in [0, 0.05) is 6.20 Å². The van der Waals surface area contributed by atoms with Crippen molar-refractivity contribution in [3.05, 3.63) is 61.0 Å². The lowest BCUT2D eigenvalue weighted by molar-refractivity contribution is 1.26. The molecular formula is C11H12N2. The van der Waals surface area contributed by atoms with Gasteiger partial charge in [-0.25, -0.2) is 0 Å². The molecule has 66 valence electrons. The van der Waals surface area contributed by atoms with Gasteiger partial charge in [0.2, 0.25) is 0 Å². The van der Waals surface area contributed by atoms with Crippen molar-refractivity contribution >= 4 is 5.70 Å². The average molecular weight is 172 g/mol. The molecule has 0 aliphatic heterocycles. The van der Waals surface area contributed by atoms with E-state index in [-0.39, 0.29) is 0 Å². The maximum absolute atomic E-state index is 5.75. The molecule has 0 saturated heterocycles. The Kier molecular flexibility index (Phi) is 3.51. The van der Waals surface area contributed by atoms with Gasteiger partial charge in [0.05, 0.1) is 11.4 Å². The summed E-state index contributed by atoms with van der Waals surface area (Å²) in [5, 5.41) is 0. The molecule has 13 heavy (non-hydrogen) atoms. The number of hydrogen-bond acceptors (Lipinski definition) is 2. The molecule has 1 aromatic heterocycles. The van der Waals surface area contributed by atoms with E-state index in [4.69, 9.17) is 5.73 Å². The summed E-state index contributed by atoms with van der Waals surface area (Å²) in [4.78, 5) is 4.10. The van der Waals surface area contributed by atoms with Crippen molar-refractivity contribution in [2.75, 3.05) is 0 Å². The largest absolute Gasteiger partial charge is 0.397 e. The molecule has 0 radical (unpaired) electrons. The standard InChI is InChI=1S/C11H12N2/c1-2-3-4-7-10(12)11-8-5-6-9-13-11/h2-9H,1,12H2/b4-3+,10-7-. The van der Waals surface area contributed by atoms with Crippen LogP contribution >= 0.6 is 0 Å². The maximum atomic E-state index is 5.75. The molecule has 0 atom stereocenters. The van der Waals surface area contributed by atoms with Crippen molar-refractivity contribution in [3.63, 3.8) is 0 Å². The summed E-state index contributed by atoms with van der Waals surface area (Å²) in [6.45, 7) is 3.56. The first-order chi connectivity index (χ1) is 6.34. The second-order valence-electron chi connectivity index (χ2n) is 2.46.